The monoisotopic (exact) mass is 466 g/mol. The molecule has 0 aliphatic rings. The molecule has 4 rings (SSSR count). The van der Waals surface area contributed by atoms with Crippen LogP contribution in [0.3, 0.4) is 0 Å². The topological polar surface area (TPSA) is 175 Å². The summed E-state index contributed by atoms with van der Waals surface area (Å²) in [6, 6.07) is 26.6. The highest BCUT2D eigenvalue weighted by Gasteiger charge is 2.26. The van der Waals surface area contributed by atoms with Gasteiger partial charge in [-0.3, -0.25) is 0 Å². The average molecular weight is 467 g/mol. The summed E-state index contributed by atoms with van der Waals surface area (Å²) in [5.41, 5.74) is 12.7. The van der Waals surface area contributed by atoms with Crippen LogP contribution in [-0.4, -0.2) is 8.42 Å². The summed E-state index contributed by atoms with van der Waals surface area (Å²) in [6.07, 6.45) is 0. The molecule has 0 aromatic heterocycles. The summed E-state index contributed by atoms with van der Waals surface area (Å²) in [4.78, 5) is -0.00864. The number of para-hydroxylation sites is 6. The van der Waals surface area contributed by atoms with E-state index in [0.29, 0.717) is 22.9 Å². The van der Waals surface area contributed by atoms with Crippen LogP contribution in [0, 0.1) is 0 Å². The van der Waals surface area contributed by atoms with Crippen molar-refractivity contribution >= 4 is 21.2 Å². The number of hydrogen-bond acceptors (Lipinski definition) is 8. The number of benzene rings is 4. The largest absolute Gasteiger partial charge is 0.454 e. The maximum atomic E-state index is 13.6. The van der Waals surface area contributed by atoms with Crippen molar-refractivity contribution in [3.05, 3.63) is 97.1 Å². The van der Waals surface area contributed by atoms with Crippen LogP contribution >= 0.6 is 0 Å². The van der Waals surface area contributed by atoms with Crippen molar-refractivity contribution in [2.75, 3.05) is 11.5 Å². The maximum Gasteiger partial charge on any atom is 0.213 e. The average Bonchev–Trinajstić information content (AvgIpc) is 2.77. The quantitative estimate of drug-likeness (QED) is 0.266. The number of sulfone groups is 1. The third kappa shape index (κ3) is 5.24. The first-order valence-corrected chi connectivity index (χ1v) is 10.9. The van der Waals surface area contributed by atoms with Crippen LogP contribution in [0.5, 0.6) is 23.0 Å². The van der Waals surface area contributed by atoms with E-state index in [1.807, 2.05) is 0 Å². The molecule has 0 radical (unpaired) electrons. The smallest absolute Gasteiger partial charge is 0.213 e. The molecule has 33 heavy (non-hydrogen) atoms. The lowest BCUT2D eigenvalue weighted by Crippen LogP contribution is -2.06. The fraction of sp³-hybridized carbons (Fsp3) is 0. The van der Waals surface area contributed by atoms with Crippen molar-refractivity contribution in [2.45, 2.75) is 9.79 Å². The molecule has 8 nitrogen and oxygen atoms in total. The van der Waals surface area contributed by atoms with E-state index in [1.165, 1.54) is 12.1 Å². The lowest BCUT2D eigenvalue weighted by atomic mass is 10.3. The van der Waals surface area contributed by atoms with E-state index in [1.54, 1.807) is 84.9 Å². The molecule has 4 aromatic rings. The van der Waals surface area contributed by atoms with E-state index >= 15 is 0 Å². The summed E-state index contributed by atoms with van der Waals surface area (Å²) >= 11 is 0. The number of anilines is 2. The third-order valence-electron chi connectivity index (χ3n) is 4.56. The van der Waals surface area contributed by atoms with Crippen LogP contribution in [0.25, 0.3) is 0 Å². The molecule has 0 amide bonds. The predicted octanol–water partition coefficient (Wildman–Crippen LogP) is 5.59. The maximum absolute atomic E-state index is 13.6. The molecule has 0 atom stereocenters. The molecule has 0 fully saturated rings. The molecule has 172 valence electrons. The Morgan fingerprint density at radius 3 is 1.15 bits per heavy atom. The van der Waals surface area contributed by atoms with Crippen LogP contribution in [0.15, 0.2) is 107 Å². The number of nitrogens with two attached hydrogens (primary N) is 2. The Morgan fingerprint density at radius 2 is 0.788 bits per heavy atom. The number of hydrogen-bond donors (Lipinski definition) is 4. The van der Waals surface area contributed by atoms with Gasteiger partial charge in [-0.1, -0.05) is 48.5 Å². The van der Waals surface area contributed by atoms with Gasteiger partial charge in [0.05, 0.1) is 11.4 Å². The summed E-state index contributed by atoms with van der Waals surface area (Å²) in [5, 5.41) is 0. The van der Waals surface area contributed by atoms with E-state index in [0.717, 1.165) is 0 Å². The van der Waals surface area contributed by atoms with Crippen molar-refractivity contribution in [2.24, 2.45) is 0 Å². The molecule has 4 aromatic carbocycles. The van der Waals surface area contributed by atoms with E-state index in [2.05, 4.69) is 0 Å². The van der Waals surface area contributed by atoms with Crippen molar-refractivity contribution in [3.63, 3.8) is 0 Å². The van der Waals surface area contributed by atoms with Gasteiger partial charge < -0.3 is 33.2 Å². The minimum absolute atomic E-state index is 0. The molecule has 0 aliphatic heterocycles. The first kappa shape index (κ1) is 25.2. The summed E-state index contributed by atoms with van der Waals surface area (Å²) < 4.78 is 38.9. The fourth-order valence-electron chi connectivity index (χ4n) is 3.02. The number of ether oxygens (including phenoxy) is 2. The molecule has 10 N–H and O–H groups in total. The van der Waals surface area contributed by atoms with Crippen LogP contribution in [0.4, 0.5) is 11.4 Å². The van der Waals surface area contributed by atoms with E-state index < -0.39 is 9.84 Å². The Labute approximate surface area is 192 Å². The summed E-state index contributed by atoms with van der Waals surface area (Å²) in [6.45, 7) is 0. The third-order valence-corrected chi connectivity index (χ3v) is 6.39. The van der Waals surface area contributed by atoms with Crippen LogP contribution in [0.1, 0.15) is 0 Å². The van der Waals surface area contributed by atoms with Gasteiger partial charge in [-0.25, -0.2) is 8.42 Å². The van der Waals surface area contributed by atoms with Gasteiger partial charge in [-0.2, -0.15) is 0 Å². The highest BCUT2D eigenvalue weighted by molar-refractivity contribution is 7.91. The Balaban J connectivity index is 0.00000193. The van der Waals surface area contributed by atoms with Gasteiger partial charge in [0.2, 0.25) is 9.84 Å². The normalized spacial score (nSPS) is 10.4. The molecule has 0 aliphatic carbocycles. The van der Waals surface area contributed by atoms with E-state index in [9.17, 15) is 8.42 Å². The zero-order chi connectivity index (χ0) is 21.8. The molecule has 0 bridgehead atoms. The van der Waals surface area contributed by atoms with Gasteiger partial charge in [0.25, 0.3) is 0 Å². The Kier molecular flexibility index (Phi) is 8.03. The fourth-order valence-corrected chi connectivity index (χ4v) is 4.52. The van der Waals surface area contributed by atoms with Gasteiger partial charge >= 0.3 is 0 Å². The first-order valence-electron chi connectivity index (χ1n) is 9.44. The Morgan fingerprint density at radius 1 is 0.485 bits per heavy atom. The van der Waals surface area contributed by atoms with Gasteiger partial charge in [0.15, 0.2) is 0 Å². The second kappa shape index (κ2) is 10.5. The van der Waals surface area contributed by atoms with Gasteiger partial charge in [-0.15, -0.1) is 0 Å². The van der Waals surface area contributed by atoms with E-state index in [-0.39, 0.29) is 33.6 Å². The minimum atomic E-state index is -4.00. The van der Waals surface area contributed by atoms with Crippen molar-refractivity contribution in [1.82, 2.24) is 12.3 Å². The highest BCUT2D eigenvalue weighted by Crippen LogP contribution is 2.39. The van der Waals surface area contributed by atoms with Crippen molar-refractivity contribution < 1.29 is 17.9 Å². The van der Waals surface area contributed by atoms with Gasteiger partial charge in [0.1, 0.15) is 32.8 Å². The SMILES string of the molecule is N.N.Nc1ccccc1Oc1ccccc1S(=O)(=O)c1ccccc1Oc1ccccc1N. The van der Waals surface area contributed by atoms with Crippen LogP contribution in [-0.2, 0) is 9.84 Å². The summed E-state index contributed by atoms with van der Waals surface area (Å²) in [5.74, 6) is 1.06. The molecular weight excluding hydrogens is 440 g/mol. The molecule has 0 saturated carbocycles. The zero-order valence-electron chi connectivity index (χ0n) is 17.8. The Bertz CT molecular complexity index is 1250. The number of rotatable bonds is 6. The lowest BCUT2D eigenvalue weighted by molar-refractivity contribution is 0.464. The van der Waals surface area contributed by atoms with Gasteiger partial charge in [0, 0.05) is 0 Å². The predicted molar refractivity (Wildman–Crippen MR) is 130 cm³/mol. The number of nitrogen functional groups attached to an aromatic ring is 2. The Hall–Kier alpha value is -4.05. The second-order valence-electron chi connectivity index (χ2n) is 6.68. The first-order chi connectivity index (χ1) is 15.0. The van der Waals surface area contributed by atoms with Gasteiger partial charge in [-0.05, 0) is 48.5 Å². The molecule has 0 unspecified atom stereocenters. The molecule has 0 heterocycles. The van der Waals surface area contributed by atoms with Crippen LogP contribution < -0.4 is 33.2 Å². The van der Waals surface area contributed by atoms with Crippen LogP contribution in [0.2, 0.25) is 0 Å². The highest BCUT2D eigenvalue weighted by atomic mass is 32.2. The molecule has 9 heteroatoms. The minimum Gasteiger partial charge on any atom is -0.454 e. The lowest BCUT2D eigenvalue weighted by Gasteiger charge is -2.16. The zero-order valence-corrected chi connectivity index (χ0v) is 18.7. The van der Waals surface area contributed by atoms with Crippen molar-refractivity contribution in [1.29, 1.82) is 0 Å². The molecule has 0 spiro atoms. The molecule has 0 saturated heterocycles. The van der Waals surface area contributed by atoms with Crippen molar-refractivity contribution in [3.8, 4) is 23.0 Å². The summed E-state index contributed by atoms with van der Waals surface area (Å²) in [7, 11) is -4.00. The second-order valence-corrected chi connectivity index (χ2v) is 8.56. The standard InChI is InChI=1S/C24H20N2O4S.2H3N/c25-17-9-1-3-11-19(17)29-21-13-5-7-15-23(21)31(27,28)24-16-8-6-14-22(24)30-20-12-4-2-10-18(20)26;;/h1-16H,25-26H2;2*1H3. The van der Waals surface area contributed by atoms with E-state index in [4.69, 9.17) is 20.9 Å². The molecular formula is C24H26N4O4S.